The maximum absolute atomic E-state index is 12.3. The molecule has 0 aromatic rings. The molecule has 0 aromatic carbocycles. The number of hydrogen-bond donors (Lipinski definition) is 2. The van der Waals surface area contributed by atoms with Gasteiger partial charge in [0.15, 0.2) is 5.78 Å². The Labute approximate surface area is 125 Å². The predicted molar refractivity (Wildman–Crippen MR) is 70.6 cm³/mol. The summed E-state index contributed by atoms with van der Waals surface area (Å²) >= 11 is 0. The van der Waals surface area contributed by atoms with Gasteiger partial charge in [0.2, 0.25) is 23.6 Å². The van der Waals surface area contributed by atoms with Crippen molar-refractivity contribution in [1.82, 2.24) is 10.6 Å². The molecule has 2 aliphatic heterocycles. The average Bonchev–Trinajstić information content (AvgIpc) is 2.89. The Morgan fingerprint density at radius 2 is 1.41 bits per heavy atom. The van der Waals surface area contributed by atoms with Crippen molar-refractivity contribution in [3.05, 3.63) is 11.6 Å². The number of carbonyl (C=O) groups is 5. The summed E-state index contributed by atoms with van der Waals surface area (Å²) < 4.78 is 0. The molecule has 7 heteroatoms. The number of ketones is 1. The monoisotopic (exact) mass is 302 g/mol. The number of carbonyl (C=O) groups excluding carboxylic acids is 5. The number of rotatable bonds is 1. The molecule has 0 spiro atoms. The van der Waals surface area contributed by atoms with Crippen LogP contribution in [0.1, 0.15) is 13.8 Å². The predicted octanol–water partition coefficient (Wildman–Crippen LogP) is -1.07. The number of allylic oxidation sites excluding steroid dienone is 2. The van der Waals surface area contributed by atoms with Gasteiger partial charge in [-0.3, -0.25) is 34.6 Å². The fourth-order valence-electron chi connectivity index (χ4n) is 5.11. The second-order valence-electron chi connectivity index (χ2n) is 6.71. The van der Waals surface area contributed by atoms with Gasteiger partial charge in [0.05, 0.1) is 23.7 Å². The lowest BCUT2D eigenvalue weighted by Crippen LogP contribution is -2.59. The van der Waals surface area contributed by atoms with Crippen LogP contribution in [-0.4, -0.2) is 29.4 Å². The molecule has 7 nitrogen and oxygen atoms in total. The summed E-state index contributed by atoms with van der Waals surface area (Å²) in [7, 11) is 0. The third kappa shape index (κ3) is 1.21. The number of amides is 4. The molecule has 22 heavy (non-hydrogen) atoms. The molecule has 5 rings (SSSR count). The molecule has 2 N–H and O–H groups in total. The minimum Gasteiger partial charge on any atom is -0.296 e. The quantitative estimate of drug-likeness (QED) is 0.599. The zero-order valence-corrected chi connectivity index (χ0v) is 12.0. The molecule has 1 saturated carbocycles. The first kappa shape index (κ1) is 13.4. The molecule has 3 fully saturated rings. The second kappa shape index (κ2) is 3.71. The van der Waals surface area contributed by atoms with Gasteiger partial charge in [0.1, 0.15) is 0 Å². The van der Waals surface area contributed by atoms with E-state index in [-0.39, 0.29) is 5.78 Å². The van der Waals surface area contributed by atoms with Crippen molar-refractivity contribution >= 4 is 29.4 Å². The van der Waals surface area contributed by atoms with Gasteiger partial charge in [-0.25, -0.2) is 0 Å². The standard InChI is InChI=1S/C15H14N2O5/c1-4(18)6-3-5-7-9(13(21)16-11(7)19)15(6,2)10-8(5)12(20)17-14(10)22/h3,5,7-10H,1-2H3,(H,16,19,21)(H,17,20,22)/t5?,7-,8+,9+,10-,15?. The summed E-state index contributed by atoms with van der Waals surface area (Å²) in [6.45, 7) is 3.03. The lowest BCUT2D eigenvalue weighted by molar-refractivity contribution is -0.148. The highest BCUT2D eigenvalue weighted by molar-refractivity contribution is 6.13. The van der Waals surface area contributed by atoms with Crippen molar-refractivity contribution in [3.8, 4) is 0 Å². The van der Waals surface area contributed by atoms with Crippen LogP contribution >= 0.6 is 0 Å². The Kier molecular flexibility index (Phi) is 2.25. The third-order valence-electron chi connectivity index (χ3n) is 5.82. The smallest absolute Gasteiger partial charge is 0.231 e. The normalized spacial score (nSPS) is 45.2. The number of nitrogens with one attached hydrogen (secondary N) is 2. The van der Waals surface area contributed by atoms with Gasteiger partial charge in [-0.05, 0) is 12.5 Å². The van der Waals surface area contributed by atoms with Crippen LogP contribution in [0.4, 0.5) is 0 Å². The Morgan fingerprint density at radius 1 is 0.955 bits per heavy atom. The zero-order chi connectivity index (χ0) is 16.0. The first-order valence-corrected chi connectivity index (χ1v) is 7.21. The van der Waals surface area contributed by atoms with E-state index in [1.165, 1.54) is 6.92 Å². The molecule has 0 aromatic heterocycles. The van der Waals surface area contributed by atoms with E-state index in [0.717, 1.165) is 0 Å². The van der Waals surface area contributed by atoms with Crippen molar-refractivity contribution in [1.29, 1.82) is 0 Å². The molecule has 3 aliphatic carbocycles. The van der Waals surface area contributed by atoms with Crippen LogP contribution in [0.25, 0.3) is 0 Å². The lowest BCUT2D eigenvalue weighted by Gasteiger charge is -2.54. The first-order chi connectivity index (χ1) is 10.3. The highest BCUT2D eigenvalue weighted by Crippen LogP contribution is 2.64. The van der Waals surface area contributed by atoms with Gasteiger partial charge in [0, 0.05) is 11.3 Å². The second-order valence-corrected chi connectivity index (χ2v) is 6.71. The van der Waals surface area contributed by atoms with E-state index in [1.807, 2.05) is 0 Å². The van der Waals surface area contributed by atoms with Crippen LogP contribution in [0, 0.1) is 35.0 Å². The van der Waals surface area contributed by atoms with Gasteiger partial charge in [-0.2, -0.15) is 0 Å². The minimum absolute atomic E-state index is 0.233. The Hall–Kier alpha value is -2.31. The summed E-state index contributed by atoms with van der Waals surface area (Å²) in [5, 5.41) is 4.60. The van der Waals surface area contributed by atoms with Crippen LogP contribution in [-0.2, 0) is 24.0 Å². The largest absolute Gasteiger partial charge is 0.296 e. The van der Waals surface area contributed by atoms with E-state index in [4.69, 9.17) is 0 Å². The van der Waals surface area contributed by atoms with Gasteiger partial charge < -0.3 is 0 Å². The van der Waals surface area contributed by atoms with Crippen LogP contribution in [0.3, 0.4) is 0 Å². The molecular formula is C15H14N2O5. The number of imide groups is 2. The Bertz CT molecular complexity index is 679. The van der Waals surface area contributed by atoms with Crippen molar-refractivity contribution < 1.29 is 24.0 Å². The Balaban J connectivity index is 2.01. The molecule has 5 aliphatic rings. The molecule has 114 valence electrons. The van der Waals surface area contributed by atoms with Crippen molar-refractivity contribution in [2.24, 2.45) is 35.0 Å². The topological polar surface area (TPSA) is 109 Å². The average molecular weight is 302 g/mol. The molecule has 2 bridgehead atoms. The van der Waals surface area contributed by atoms with Crippen LogP contribution in [0.2, 0.25) is 0 Å². The highest BCUT2D eigenvalue weighted by Gasteiger charge is 2.72. The summed E-state index contributed by atoms with van der Waals surface area (Å²) in [6.07, 6.45) is 1.64. The van der Waals surface area contributed by atoms with Gasteiger partial charge in [0.25, 0.3) is 0 Å². The first-order valence-electron chi connectivity index (χ1n) is 7.21. The molecule has 2 heterocycles. The maximum Gasteiger partial charge on any atom is 0.231 e. The van der Waals surface area contributed by atoms with E-state index >= 15 is 0 Å². The van der Waals surface area contributed by atoms with Crippen LogP contribution in [0.5, 0.6) is 0 Å². The van der Waals surface area contributed by atoms with Crippen molar-refractivity contribution in [2.45, 2.75) is 13.8 Å². The van der Waals surface area contributed by atoms with E-state index in [0.29, 0.717) is 5.57 Å². The van der Waals surface area contributed by atoms with Crippen molar-refractivity contribution in [3.63, 3.8) is 0 Å². The molecular weight excluding hydrogens is 288 g/mol. The molecule has 4 amide bonds. The maximum atomic E-state index is 12.3. The summed E-state index contributed by atoms with van der Waals surface area (Å²) in [5.74, 6) is -5.49. The van der Waals surface area contributed by atoms with E-state index in [1.54, 1.807) is 13.0 Å². The lowest BCUT2D eigenvalue weighted by atomic mass is 9.44. The van der Waals surface area contributed by atoms with Gasteiger partial charge in [-0.1, -0.05) is 13.0 Å². The van der Waals surface area contributed by atoms with E-state index in [9.17, 15) is 24.0 Å². The van der Waals surface area contributed by atoms with E-state index < -0.39 is 58.6 Å². The van der Waals surface area contributed by atoms with Gasteiger partial charge in [-0.15, -0.1) is 0 Å². The highest BCUT2D eigenvalue weighted by atomic mass is 16.2. The molecule has 6 atom stereocenters. The fraction of sp³-hybridized carbons (Fsp3) is 0.533. The summed E-state index contributed by atoms with van der Waals surface area (Å²) in [4.78, 5) is 60.9. The van der Waals surface area contributed by atoms with Crippen molar-refractivity contribution in [2.75, 3.05) is 0 Å². The molecule has 2 saturated heterocycles. The number of Topliss-reactive ketones (excluding diaryl/α,β-unsaturated/α-hetero) is 1. The Morgan fingerprint density at radius 3 is 1.82 bits per heavy atom. The zero-order valence-electron chi connectivity index (χ0n) is 12.0. The van der Waals surface area contributed by atoms with Crippen LogP contribution in [0.15, 0.2) is 11.6 Å². The van der Waals surface area contributed by atoms with E-state index in [2.05, 4.69) is 10.6 Å². The summed E-state index contributed by atoms with van der Waals surface area (Å²) in [5.41, 5.74) is -0.739. The molecule has 2 unspecified atom stereocenters. The summed E-state index contributed by atoms with van der Waals surface area (Å²) in [6, 6.07) is 0. The third-order valence-corrected chi connectivity index (χ3v) is 5.82. The molecule has 0 radical (unpaired) electrons. The van der Waals surface area contributed by atoms with Crippen LogP contribution < -0.4 is 10.6 Å². The SMILES string of the molecule is CC(=O)C1=CC2[C@H]3C(=O)NC(=O)[C@H]3C1(C)[C@H]1C(=O)NC(=O)[C@@H]21. The fourth-order valence-corrected chi connectivity index (χ4v) is 5.11. The minimum atomic E-state index is -1.12. The van der Waals surface area contributed by atoms with Gasteiger partial charge >= 0.3 is 0 Å². The number of hydrogen-bond acceptors (Lipinski definition) is 5.